The molecule has 0 radical (unpaired) electrons. The summed E-state index contributed by atoms with van der Waals surface area (Å²) < 4.78 is 52.2. The molecule has 0 saturated heterocycles. The van der Waals surface area contributed by atoms with Crippen LogP contribution in [0.15, 0.2) is 52.1 Å². The second-order valence-corrected chi connectivity index (χ2v) is 12.4. The van der Waals surface area contributed by atoms with Gasteiger partial charge in [-0.1, -0.05) is 18.1 Å². The van der Waals surface area contributed by atoms with E-state index >= 15 is 0 Å². The number of aromatic nitrogens is 3. The minimum Gasteiger partial charge on any atom is -0.496 e. The van der Waals surface area contributed by atoms with Gasteiger partial charge in [0.15, 0.2) is 11.4 Å². The summed E-state index contributed by atoms with van der Waals surface area (Å²) >= 11 is 0. The summed E-state index contributed by atoms with van der Waals surface area (Å²) in [7, 11) is -1.24. The van der Waals surface area contributed by atoms with Crippen LogP contribution in [0.5, 0.6) is 11.5 Å². The lowest BCUT2D eigenvalue weighted by molar-refractivity contribution is 0.0526. The molecule has 0 aliphatic rings. The van der Waals surface area contributed by atoms with Crippen LogP contribution in [0.3, 0.4) is 0 Å². The van der Waals surface area contributed by atoms with Gasteiger partial charge >= 0.3 is 6.09 Å². The molecule has 0 bridgehead atoms. The molecular formula is C29H36N6O8S. The number of hydrogen-bond acceptors (Lipinski definition) is 10. The molecule has 4 rings (SSSR count). The molecule has 4 aromatic rings. The van der Waals surface area contributed by atoms with Gasteiger partial charge in [0, 0.05) is 19.3 Å². The maximum atomic E-state index is 13.3. The van der Waals surface area contributed by atoms with Crippen molar-refractivity contribution in [3.8, 4) is 11.5 Å². The number of hydrogen-bond donors (Lipinski definition) is 3. The van der Waals surface area contributed by atoms with Crippen molar-refractivity contribution < 1.29 is 36.7 Å². The van der Waals surface area contributed by atoms with Gasteiger partial charge < -0.3 is 29.4 Å². The quantitative estimate of drug-likeness (QED) is 0.196. The molecule has 2 aromatic heterocycles. The maximum absolute atomic E-state index is 13.3. The van der Waals surface area contributed by atoms with Crippen molar-refractivity contribution in [3.63, 3.8) is 0 Å². The second-order valence-electron chi connectivity index (χ2n) is 10.8. The fourth-order valence-corrected chi connectivity index (χ4v) is 5.48. The van der Waals surface area contributed by atoms with Gasteiger partial charge in [0.25, 0.3) is 15.9 Å². The van der Waals surface area contributed by atoms with E-state index in [4.69, 9.17) is 18.7 Å². The van der Waals surface area contributed by atoms with E-state index < -0.39 is 21.7 Å². The number of benzene rings is 2. The van der Waals surface area contributed by atoms with Crippen molar-refractivity contribution in [2.75, 3.05) is 32.0 Å². The van der Waals surface area contributed by atoms with Crippen LogP contribution in [0.4, 0.5) is 10.6 Å². The van der Waals surface area contributed by atoms with Crippen LogP contribution in [-0.4, -0.2) is 68.3 Å². The molecule has 2 amide bonds. The van der Waals surface area contributed by atoms with Crippen molar-refractivity contribution in [2.24, 2.45) is 0 Å². The normalized spacial score (nSPS) is 11.7. The second kappa shape index (κ2) is 13.2. The Balaban J connectivity index is 1.45. The molecule has 236 valence electrons. The molecule has 0 unspecified atom stereocenters. The highest BCUT2D eigenvalue weighted by molar-refractivity contribution is 7.92. The third kappa shape index (κ3) is 7.78. The average molecular weight is 629 g/mol. The Morgan fingerprint density at radius 2 is 1.73 bits per heavy atom. The zero-order valence-electron chi connectivity index (χ0n) is 25.4. The molecule has 3 N–H and O–H groups in total. The number of alkyl carbamates (subject to hydrolysis) is 1. The zero-order chi connectivity index (χ0) is 32.1. The number of carbonyl (C=O) groups excluding carboxylic acids is 2. The summed E-state index contributed by atoms with van der Waals surface area (Å²) in [5, 5.41) is 13.8. The predicted molar refractivity (Wildman–Crippen MR) is 162 cm³/mol. The molecule has 0 fully saturated rings. The van der Waals surface area contributed by atoms with Gasteiger partial charge in [0.1, 0.15) is 27.4 Å². The van der Waals surface area contributed by atoms with Gasteiger partial charge in [-0.3, -0.25) is 14.2 Å². The van der Waals surface area contributed by atoms with Crippen LogP contribution in [-0.2, 0) is 27.7 Å². The molecule has 0 aliphatic carbocycles. The Morgan fingerprint density at radius 3 is 2.41 bits per heavy atom. The summed E-state index contributed by atoms with van der Waals surface area (Å²) in [4.78, 5) is 24.2. The monoisotopic (exact) mass is 628 g/mol. The van der Waals surface area contributed by atoms with E-state index in [0.717, 1.165) is 5.56 Å². The lowest BCUT2D eigenvalue weighted by atomic mass is 10.1. The zero-order valence-corrected chi connectivity index (χ0v) is 26.2. The lowest BCUT2D eigenvalue weighted by Crippen LogP contribution is -2.37. The number of nitrogens with zero attached hydrogens (tertiary/aromatic N) is 3. The number of anilines is 1. The van der Waals surface area contributed by atoms with E-state index in [0.29, 0.717) is 28.7 Å². The van der Waals surface area contributed by atoms with E-state index in [1.165, 1.54) is 20.4 Å². The Labute approximate surface area is 255 Å². The smallest absolute Gasteiger partial charge is 0.407 e. The third-order valence-electron chi connectivity index (χ3n) is 6.29. The van der Waals surface area contributed by atoms with Crippen LogP contribution < -0.4 is 24.8 Å². The predicted octanol–water partition coefficient (Wildman–Crippen LogP) is 3.71. The van der Waals surface area contributed by atoms with Crippen molar-refractivity contribution >= 4 is 38.8 Å². The molecule has 2 heterocycles. The van der Waals surface area contributed by atoms with E-state index in [2.05, 4.69) is 25.6 Å². The highest BCUT2D eigenvalue weighted by atomic mass is 32.2. The SMILES string of the molecule is CCc1ccc(OC)c(S(=O)(=O)Nc2noc3cc(Cn4cc(C(=O)NCCNC(=O)OC(C)(C)C)cn4)cc(OC)c23)c1. The Bertz CT molecular complexity index is 1760. The molecule has 2 aromatic carbocycles. The molecule has 0 aliphatic heterocycles. The fraction of sp³-hybridized carbons (Fsp3) is 0.379. The molecule has 0 spiro atoms. The highest BCUT2D eigenvalue weighted by Gasteiger charge is 2.25. The Morgan fingerprint density at radius 1 is 1.00 bits per heavy atom. The van der Waals surface area contributed by atoms with Crippen LogP contribution >= 0.6 is 0 Å². The van der Waals surface area contributed by atoms with Gasteiger partial charge in [-0.25, -0.2) is 13.2 Å². The largest absolute Gasteiger partial charge is 0.496 e. The average Bonchev–Trinajstić information content (AvgIpc) is 3.60. The molecule has 15 heteroatoms. The summed E-state index contributed by atoms with van der Waals surface area (Å²) in [6.45, 7) is 7.86. The molecular weight excluding hydrogens is 592 g/mol. The van der Waals surface area contributed by atoms with Crippen molar-refractivity contribution in [1.82, 2.24) is 25.6 Å². The van der Waals surface area contributed by atoms with Gasteiger partial charge in [-0.05, 0) is 62.6 Å². The number of methoxy groups -OCH3 is 2. The Kier molecular flexibility index (Phi) is 9.67. The number of aryl methyl sites for hydroxylation is 1. The van der Waals surface area contributed by atoms with E-state index in [1.807, 2.05) is 6.92 Å². The van der Waals surface area contributed by atoms with E-state index in [-0.39, 0.29) is 47.6 Å². The first-order valence-corrected chi connectivity index (χ1v) is 15.3. The minimum absolute atomic E-state index is 0.0242. The standard InChI is InChI=1S/C29H36N6O8S/c1-7-18-8-9-21(40-5)24(14-18)44(38,39)34-26-25-22(41-6)12-19(13-23(25)43-33-26)16-35-17-20(15-32-35)27(36)30-10-11-31-28(37)42-29(2,3)4/h8-9,12-15,17H,7,10-11,16H2,1-6H3,(H,30,36)(H,31,37)(H,33,34). The fourth-order valence-electron chi connectivity index (χ4n) is 4.26. The first-order chi connectivity index (χ1) is 20.8. The minimum atomic E-state index is -4.09. The lowest BCUT2D eigenvalue weighted by Gasteiger charge is -2.19. The van der Waals surface area contributed by atoms with Crippen LogP contribution in [0.25, 0.3) is 11.0 Å². The molecule has 44 heavy (non-hydrogen) atoms. The highest BCUT2D eigenvalue weighted by Crippen LogP contribution is 2.36. The van der Waals surface area contributed by atoms with E-state index in [1.54, 1.807) is 62.0 Å². The van der Waals surface area contributed by atoms with Crippen LogP contribution in [0, 0.1) is 0 Å². The number of carbonyl (C=O) groups is 2. The molecule has 0 atom stereocenters. The summed E-state index contributed by atoms with van der Waals surface area (Å²) in [5.41, 5.74) is 1.53. The number of nitrogens with one attached hydrogen (secondary N) is 3. The first kappa shape index (κ1) is 32.1. The first-order valence-electron chi connectivity index (χ1n) is 13.8. The van der Waals surface area contributed by atoms with Gasteiger partial charge in [0.2, 0.25) is 0 Å². The van der Waals surface area contributed by atoms with E-state index in [9.17, 15) is 18.0 Å². The number of fused-ring (bicyclic) bond motifs is 1. The molecule has 0 saturated carbocycles. The van der Waals surface area contributed by atoms with Crippen LogP contribution in [0.2, 0.25) is 0 Å². The summed E-state index contributed by atoms with van der Waals surface area (Å²) in [6.07, 6.45) is 3.08. The number of rotatable bonds is 12. The van der Waals surface area contributed by atoms with Gasteiger partial charge in [-0.2, -0.15) is 5.10 Å². The third-order valence-corrected chi connectivity index (χ3v) is 7.65. The van der Waals surface area contributed by atoms with Crippen molar-refractivity contribution in [3.05, 3.63) is 59.4 Å². The van der Waals surface area contributed by atoms with Crippen LogP contribution in [0.1, 0.15) is 49.2 Å². The topological polar surface area (TPSA) is 176 Å². The maximum Gasteiger partial charge on any atom is 0.407 e. The Hall–Kier alpha value is -4.79. The van der Waals surface area contributed by atoms with Crippen molar-refractivity contribution in [2.45, 2.75) is 51.2 Å². The summed E-state index contributed by atoms with van der Waals surface area (Å²) in [6, 6.07) is 8.35. The van der Waals surface area contributed by atoms with Gasteiger partial charge in [-0.15, -0.1) is 0 Å². The van der Waals surface area contributed by atoms with Gasteiger partial charge in [0.05, 0.1) is 32.5 Å². The number of sulfonamides is 1. The van der Waals surface area contributed by atoms with Crippen molar-refractivity contribution in [1.29, 1.82) is 0 Å². The molecule has 14 nitrogen and oxygen atoms in total. The number of amides is 2. The number of ether oxygens (including phenoxy) is 3. The summed E-state index contributed by atoms with van der Waals surface area (Å²) in [5.74, 6) is 0.130.